The molecular weight excluding hydrogens is 336 g/mol. The van der Waals surface area contributed by atoms with Gasteiger partial charge in [-0.1, -0.05) is 11.6 Å². The fourth-order valence-electron chi connectivity index (χ4n) is 2.58. The highest BCUT2D eigenvalue weighted by Crippen LogP contribution is 2.25. The van der Waals surface area contributed by atoms with Gasteiger partial charge in [0.15, 0.2) is 5.82 Å². The first-order valence-corrected chi connectivity index (χ1v) is 8.53. The van der Waals surface area contributed by atoms with E-state index in [1.54, 1.807) is 31.6 Å². The van der Waals surface area contributed by atoms with E-state index >= 15 is 0 Å². The van der Waals surface area contributed by atoms with E-state index in [0.29, 0.717) is 34.0 Å². The molecule has 0 spiro atoms. The quantitative estimate of drug-likeness (QED) is 0.916. The average Bonchev–Trinajstić information content (AvgIpc) is 3.02. The van der Waals surface area contributed by atoms with E-state index in [1.165, 1.54) is 11.3 Å². The molecule has 3 rings (SSSR count). The van der Waals surface area contributed by atoms with Crippen LogP contribution in [0.15, 0.2) is 24.5 Å². The first-order chi connectivity index (χ1) is 11.2. The molecule has 6 nitrogen and oxygen atoms in total. The molecule has 2 aromatic rings. The van der Waals surface area contributed by atoms with E-state index in [9.17, 15) is 4.79 Å². The van der Waals surface area contributed by atoms with Crippen molar-refractivity contribution in [1.82, 2.24) is 14.9 Å². The number of amides is 1. The van der Waals surface area contributed by atoms with Crippen LogP contribution >= 0.6 is 22.9 Å². The highest BCUT2D eigenvalue weighted by molar-refractivity contribution is 7.17. The minimum atomic E-state index is 0.0532. The smallest absolute Gasteiger partial charge is 0.263 e. The van der Waals surface area contributed by atoms with Crippen molar-refractivity contribution in [2.45, 2.75) is 18.9 Å². The van der Waals surface area contributed by atoms with Crippen LogP contribution in [0.5, 0.6) is 5.88 Å². The number of halogens is 1. The van der Waals surface area contributed by atoms with Gasteiger partial charge >= 0.3 is 0 Å². The number of carbonyl (C=O) groups is 1. The number of methoxy groups -OCH3 is 1. The lowest BCUT2D eigenvalue weighted by Crippen LogP contribution is -2.42. The van der Waals surface area contributed by atoms with Gasteiger partial charge in [-0.3, -0.25) is 4.79 Å². The molecule has 0 atom stereocenters. The van der Waals surface area contributed by atoms with Crippen LogP contribution in [-0.2, 0) is 0 Å². The number of ether oxygens (including phenoxy) is 1. The Labute approximate surface area is 143 Å². The van der Waals surface area contributed by atoms with Gasteiger partial charge in [0, 0.05) is 31.5 Å². The molecule has 2 aromatic heterocycles. The molecule has 122 valence electrons. The van der Waals surface area contributed by atoms with Gasteiger partial charge < -0.3 is 15.0 Å². The minimum Gasteiger partial charge on any atom is -0.478 e. The number of carbonyl (C=O) groups excluding carboxylic acids is 1. The van der Waals surface area contributed by atoms with Crippen molar-refractivity contribution in [3.63, 3.8) is 0 Å². The SMILES string of the molecule is COc1nccnc1NC1CCN(C(=O)c2ccc(Cl)s2)CC1. The van der Waals surface area contributed by atoms with Crippen molar-refractivity contribution in [2.24, 2.45) is 0 Å². The number of piperidine rings is 1. The highest BCUT2D eigenvalue weighted by atomic mass is 35.5. The van der Waals surface area contributed by atoms with Gasteiger partial charge in [-0.2, -0.15) is 0 Å². The third-order valence-corrected chi connectivity index (χ3v) is 4.98. The summed E-state index contributed by atoms with van der Waals surface area (Å²) in [4.78, 5) is 23.3. The number of thiophene rings is 1. The molecule has 0 aromatic carbocycles. The van der Waals surface area contributed by atoms with Crippen LogP contribution in [-0.4, -0.2) is 47.0 Å². The maximum atomic E-state index is 12.4. The summed E-state index contributed by atoms with van der Waals surface area (Å²) >= 11 is 7.22. The van der Waals surface area contributed by atoms with Crippen molar-refractivity contribution >= 4 is 34.7 Å². The fourth-order valence-corrected chi connectivity index (χ4v) is 3.59. The summed E-state index contributed by atoms with van der Waals surface area (Å²) in [6, 6.07) is 3.79. The Morgan fingerprint density at radius 3 is 2.74 bits per heavy atom. The molecule has 1 aliphatic heterocycles. The van der Waals surface area contributed by atoms with Gasteiger partial charge in [-0.15, -0.1) is 11.3 Å². The normalized spacial score (nSPS) is 15.5. The summed E-state index contributed by atoms with van der Waals surface area (Å²) in [5, 5.41) is 3.35. The maximum absolute atomic E-state index is 12.4. The fraction of sp³-hybridized carbons (Fsp3) is 0.400. The summed E-state index contributed by atoms with van der Waals surface area (Å²) in [5.41, 5.74) is 0. The Morgan fingerprint density at radius 1 is 1.35 bits per heavy atom. The molecule has 8 heteroatoms. The van der Waals surface area contributed by atoms with E-state index in [1.807, 2.05) is 4.90 Å². The van der Waals surface area contributed by atoms with Gasteiger partial charge in [-0.05, 0) is 25.0 Å². The topological polar surface area (TPSA) is 67.4 Å². The van der Waals surface area contributed by atoms with Crippen LogP contribution in [0.4, 0.5) is 5.82 Å². The molecule has 0 unspecified atom stereocenters. The second-order valence-corrected chi connectivity index (χ2v) is 6.94. The zero-order chi connectivity index (χ0) is 16.2. The van der Waals surface area contributed by atoms with Crippen molar-refractivity contribution < 1.29 is 9.53 Å². The second kappa shape index (κ2) is 7.14. The molecule has 0 saturated carbocycles. The number of rotatable bonds is 4. The molecule has 23 heavy (non-hydrogen) atoms. The van der Waals surface area contributed by atoms with E-state index < -0.39 is 0 Å². The lowest BCUT2D eigenvalue weighted by Gasteiger charge is -2.32. The van der Waals surface area contributed by atoms with Crippen molar-refractivity contribution in [3.8, 4) is 5.88 Å². The molecule has 1 fully saturated rings. The summed E-state index contributed by atoms with van der Waals surface area (Å²) in [7, 11) is 1.57. The molecule has 0 aliphatic carbocycles. The zero-order valence-electron chi connectivity index (χ0n) is 12.7. The van der Waals surface area contributed by atoms with Crippen LogP contribution in [0, 0.1) is 0 Å². The molecular formula is C15H17ClN4O2S. The minimum absolute atomic E-state index is 0.0532. The molecule has 0 bridgehead atoms. The summed E-state index contributed by atoms with van der Waals surface area (Å²) in [5.74, 6) is 1.18. The van der Waals surface area contributed by atoms with Crippen LogP contribution in [0.1, 0.15) is 22.5 Å². The van der Waals surface area contributed by atoms with Gasteiger partial charge in [0.25, 0.3) is 11.8 Å². The van der Waals surface area contributed by atoms with Gasteiger partial charge in [0.05, 0.1) is 16.3 Å². The molecule has 0 radical (unpaired) electrons. The molecule has 1 amide bonds. The predicted molar refractivity (Wildman–Crippen MR) is 90.5 cm³/mol. The molecule has 1 N–H and O–H groups in total. The number of anilines is 1. The first kappa shape index (κ1) is 16.0. The Balaban J connectivity index is 1.57. The average molecular weight is 353 g/mol. The molecule has 3 heterocycles. The van der Waals surface area contributed by atoms with E-state index in [2.05, 4.69) is 15.3 Å². The second-order valence-electron chi connectivity index (χ2n) is 5.23. The Morgan fingerprint density at radius 2 is 2.09 bits per heavy atom. The number of hydrogen-bond acceptors (Lipinski definition) is 6. The first-order valence-electron chi connectivity index (χ1n) is 7.33. The van der Waals surface area contributed by atoms with E-state index in [4.69, 9.17) is 16.3 Å². The van der Waals surface area contributed by atoms with Crippen LogP contribution in [0.3, 0.4) is 0 Å². The van der Waals surface area contributed by atoms with Crippen LogP contribution < -0.4 is 10.1 Å². The Kier molecular flexibility index (Phi) is 4.97. The van der Waals surface area contributed by atoms with Gasteiger partial charge in [-0.25, -0.2) is 9.97 Å². The number of likely N-dealkylation sites (tertiary alicyclic amines) is 1. The lowest BCUT2D eigenvalue weighted by atomic mass is 10.0. The number of nitrogens with zero attached hydrogens (tertiary/aromatic N) is 3. The van der Waals surface area contributed by atoms with Gasteiger partial charge in [0.2, 0.25) is 0 Å². The standard InChI is InChI=1S/C15H17ClN4O2S/c1-22-14-13(17-6-7-18-14)19-10-4-8-20(9-5-10)15(21)11-2-3-12(16)23-11/h2-3,6-7,10H,4-5,8-9H2,1H3,(H,17,19). The van der Waals surface area contributed by atoms with Crippen molar-refractivity contribution in [3.05, 3.63) is 33.7 Å². The monoisotopic (exact) mass is 352 g/mol. The van der Waals surface area contributed by atoms with Gasteiger partial charge in [0.1, 0.15) is 0 Å². The van der Waals surface area contributed by atoms with Crippen LogP contribution in [0.25, 0.3) is 0 Å². The van der Waals surface area contributed by atoms with Crippen LogP contribution in [0.2, 0.25) is 4.34 Å². The largest absolute Gasteiger partial charge is 0.478 e. The van der Waals surface area contributed by atoms with Crippen molar-refractivity contribution in [2.75, 3.05) is 25.5 Å². The van der Waals surface area contributed by atoms with E-state index in [0.717, 1.165) is 12.8 Å². The van der Waals surface area contributed by atoms with Crippen molar-refractivity contribution in [1.29, 1.82) is 0 Å². The van der Waals surface area contributed by atoms with E-state index in [-0.39, 0.29) is 11.9 Å². The number of aromatic nitrogens is 2. The predicted octanol–water partition coefficient (Wildman–Crippen LogP) is 2.92. The highest BCUT2D eigenvalue weighted by Gasteiger charge is 2.25. The third kappa shape index (κ3) is 3.73. The summed E-state index contributed by atoms with van der Waals surface area (Å²) < 4.78 is 5.83. The maximum Gasteiger partial charge on any atom is 0.263 e. The lowest BCUT2D eigenvalue weighted by molar-refractivity contribution is 0.0723. The summed E-state index contributed by atoms with van der Waals surface area (Å²) in [6.45, 7) is 1.41. The molecule has 1 aliphatic rings. The Bertz CT molecular complexity index is 686. The number of nitrogens with one attached hydrogen (secondary N) is 1. The third-order valence-electron chi connectivity index (χ3n) is 3.77. The summed E-state index contributed by atoms with van der Waals surface area (Å²) in [6.07, 6.45) is 4.93. The number of hydrogen-bond donors (Lipinski definition) is 1. The Hall–Kier alpha value is -1.86. The zero-order valence-corrected chi connectivity index (χ0v) is 14.2. The molecule has 1 saturated heterocycles.